The predicted molar refractivity (Wildman–Crippen MR) is 22.9 cm³/mol. The quantitative estimate of drug-likeness (QED) is 0.416. The molecular weight excluding hydrogens is 288 g/mol. The minimum atomic E-state index is 0. The van der Waals surface area contributed by atoms with E-state index in [0.29, 0.717) is 0 Å². The molecular formula is C5H6Cl5V-5. The van der Waals surface area contributed by atoms with E-state index in [9.17, 15) is 0 Å². The van der Waals surface area contributed by atoms with Gasteiger partial charge >= 0.3 is 0 Å². The van der Waals surface area contributed by atoms with Crippen LogP contribution < -0.4 is 62.0 Å². The number of hydrogen-bond acceptors (Lipinski definition) is 0. The van der Waals surface area contributed by atoms with Gasteiger partial charge in [0, 0.05) is 18.6 Å². The first-order valence-electron chi connectivity index (χ1n) is 1.82. The summed E-state index contributed by atoms with van der Waals surface area (Å²) in [6, 6.07) is 0. The van der Waals surface area contributed by atoms with Crippen LogP contribution in [0.4, 0.5) is 0 Å². The minimum absolute atomic E-state index is 0. The fraction of sp³-hybridized carbons (Fsp3) is 0.200. The number of hydrogen-bond donors (Lipinski definition) is 0. The first kappa shape index (κ1) is 39.1. The Balaban J connectivity index is -0.0000000104. The van der Waals surface area contributed by atoms with Crippen molar-refractivity contribution >= 4 is 0 Å². The summed E-state index contributed by atoms with van der Waals surface area (Å²) in [7, 11) is 0. The minimum Gasteiger partial charge on any atom is -1.00 e. The summed E-state index contributed by atoms with van der Waals surface area (Å²) in [4.78, 5) is 0. The first-order chi connectivity index (χ1) is 2.50. The molecule has 0 unspecified atom stereocenters. The van der Waals surface area contributed by atoms with Crippen molar-refractivity contribution in [1.82, 2.24) is 0 Å². The fourth-order valence-electron chi connectivity index (χ4n) is 0.393. The van der Waals surface area contributed by atoms with Crippen LogP contribution in [0.25, 0.3) is 0 Å². The Hall–Kier alpha value is 1.51. The van der Waals surface area contributed by atoms with Crippen LogP contribution in [0.1, 0.15) is 6.42 Å². The maximum Gasteiger partial charge on any atom is 0 e. The molecule has 6 heteroatoms. The van der Waals surface area contributed by atoms with Crippen LogP contribution in [-0.4, -0.2) is 0 Å². The summed E-state index contributed by atoms with van der Waals surface area (Å²) < 4.78 is 0. The Kier molecular flexibility index (Phi) is 107. The number of rotatable bonds is 0. The van der Waals surface area contributed by atoms with Gasteiger partial charge in [-0.25, -0.2) is 0 Å². The van der Waals surface area contributed by atoms with E-state index in [1.165, 1.54) is 0 Å². The van der Waals surface area contributed by atoms with Crippen LogP contribution >= 0.6 is 0 Å². The fourth-order valence-corrected chi connectivity index (χ4v) is 0.393. The molecule has 0 fully saturated rings. The molecule has 0 saturated heterocycles. The van der Waals surface area contributed by atoms with Crippen molar-refractivity contribution in [2.45, 2.75) is 6.42 Å². The van der Waals surface area contributed by atoms with Crippen molar-refractivity contribution in [3.63, 3.8) is 0 Å². The zero-order valence-corrected chi connectivity index (χ0v) is 10.5. The molecule has 0 heterocycles. The molecule has 1 rings (SSSR count). The van der Waals surface area contributed by atoms with E-state index in [1.807, 2.05) is 0 Å². The third kappa shape index (κ3) is 24.6. The molecule has 1 aliphatic rings. The van der Waals surface area contributed by atoms with Crippen molar-refractivity contribution in [3.8, 4) is 0 Å². The standard InChI is InChI=1S/C5H6.5ClH.V/c1-2-4-5-3-1;;;;;;/h1-4H,5H2;5*1H;/p-5. The van der Waals surface area contributed by atoms with Crippen LogP contribution in [0.2, 0.25) is 0 Å². The molecule has 0 nitrogen and oxygen atoms in total. The van der Waals surface area contributed by atoms with Gasteiger partial charge in [0.05, 0.1) is 0 Å². The predicted octanol–water partition coefficient (Wildman–Crippen LogP) is -13.5. The number of allylic oxidation sites excluding steroid dienone is 4. The summed E-state index contributed by atoms with van der Waals surface area (Å²) in [5.41, 5.74) is 0. The van der Waals surface area contributed by atoms with E-state index < -0.39 is 0 Å². The monoisotopic (exact) mass is 292 g/mol. The summed E-state index contributed by atoms with van der Waals surface area (Å²) in [5.74, 6) is 0. The molecule has 0 spiro atoms. The summed E-state index contributed by atoms with van der Waals surface area (Å²) in [6.45, 7) is 0. The molecule has 0 aromatic carbocycles. The smallest absolute Gasteiger partial charge is 0 e. The summed E-state index contributed by atoms with van der Waals surface area (Å²) in [6.07, 6.45) is 9.50. The third-order valence-corrected chi connectivity index (χ3v) is 0.655. The first-order valence-corrected chi connectivity index (χ1v) is 1.82. The molecule has 0 atom stereocenters. The van der Waals surface area contributed by atoms with Gasteiger partial charge in [0.25, 0.3) is 0 Å². The number of halogens is 5. The van der Waals surface area contributed by atoms with Gasteiger partial charge in [0.1, 0.15) is 0 Å². The molecule has 0 aliphatic heterocycles. The maximum atomic E-state index is 2.12. The van der Waals surface area contributed by atoms with Crippen molar-refractivity contribution in [3.05, 3.63) is 24.3 Å². The Morgan fingerprint density at radius 3 is 1.00 bits per heavy atom. The molecule has 71 valence electrons. The van der Waals surface area contributed by atoms with Crippen molar-refractivity contribution in [2.75, 3.05) is 0 Å². The van der Waals surface area contributed by atoms with Crippen LogP contribution in [0.5, 0.6) is 0 Å². The third-order valence-electron chi connectivity index (χ3n) is 0.655. The van der Waals surface area contributed by atoms with Crippen LogP contribution in [-0.2, 0) is 18.6 Å². The SMILES string of the molecule is C1=CCC=C1.[Cl-].[Cl-].[Cl-].[Cl-].[Cl-].[V]. The zero-order chi connectivity index (χ0) is 3.54. The van der Waals surface area contributed by atoms with Crippen LogP contribution in [0.15, 0.2) is 24.3 Å². The molecule has 0 amide bonds. The average molecular weight is 294 g/mol. The van der Waals surface area contributed by atoms with E-state index in [1.54, 1.807) is 0 Å². The molecule has 1 aliphatic carbocycles. The van der Waals surface area contributed by atoms with Crippen molar-refractivity contribution < 1.29 is 80.6 Å². The van der Waals surface area contributed by atoms with Gasteiger partial charge in [-0.15, -0.1) is 0 Å². The maximum absolute atomic E-state index is 2.12. The second-order valence-electron chi connectivity index (χ2n) is 1.09. The molecule has 0 N–H and O–H groups in total. The van der Waals surface area contributed by atoms with Gasteiger partial charge in [-0.1, -0.05) is 24.3 Å². The normalized spacial score (nSPS) is 8.00. The van der Waals surface area contributed by atoms with E-state index in [2.05, 4.69) is 24.3 Å². The second kappa shape index (κ2) is 30.0. The van der Waals surface area contributed by atoms with Gasteiger partial charge in [-0.3, -0.25) is 0 Å². The zero-order valence-electron chi connectivity index (χ0n) is 5.35. The molecule has 0 aromatic rings. The van der Waals surface area contributed by atoms with Crippen LogP contribution in [0, 0.1) is 0 Å². The van der Waals surface area contributed by atoms with E-state index in [-0.39, 0.29) is 80.6 Å². The van der Waals surface area contributed by atoms with Gasteiger partial charge in [-0.2, -0.15) is 0 Å². The van der Waals surface area contributed by atoms with Gasteiger partial charge in [0.15, 0.2) is 0 Å². The van der Waals surface area contributed by atoms with E-state index in [0.717, 1.165) is 6.42 Å². The topological polar surface area (TPSA) is 0 Å². The van der Waals surface area contributed by atoms with Crippen molar-refractivity contribution in [2.24, 2.45) is 0 Å². The Morgan fingerprint density at radius 2 is 0.909 bits per heavy atom. The van der Waals surface area contributed by atoms with Gasteiger partial charge in [0.2, 0.25) is 0 Å². The molecule has 0 bridgehead atoms. The van der Waals surface area contributed by atoms with Gasteiger partial charge in [-0.05, 0) is 6.42 Å². The molecule has 0 saturated carbocycles. The molecule has 11 heavy (non-hydrogen) atoms. The molecule has 1 radical (unpaired) electrons. The molecule has 0 aromatic heterocycles. The summed E-state index contributed by atoms with van der Waals surface area (Å²) >= 11 is 0. The van der Waals surface area contributed by atoms with Crippen molar-refractivity contribution in [1.29, 1.82) is 0 Å². The van der Waals surface area contributed by atoms with Gasteiger partial charge < -0.3 is 62.0 Å². The van der Waals surface area contributed by atoms with E-state index >= 15 is 0 Å². The Morgan fingerprint density at radius 1 is 0.636 bits per heavy atom. The Bertz CT molecular complexity index is 72.9. The Labute approximate surface area is 111 Å². The van der Waals surface area contributed by atoms with Crippen LogP contribution in [0.3, 0.4) is 0 Å². The van der Waals surface area contributed by atoms with E-state index in [4.69, 9.17) is 0 Å². The average Bonchev–Trinajstić information content (AvgIpc) is 1.76. The second-order valence-corrected chi connectivity index (χ2v) is 1.09. The largest absolute Gasteiger partial charge is 1.00 e. The summed E-state index contributed by atoms with van der Waals surface area (Å²) in [5, 5.41) is 0.